The molecule has 320 valence electrons. The van der Waals surface area contributed by atoms with Gasteiger partial charge < -0.3 is 39.4 Å². The van der Waals surface area contributed by atoms with Crippen LogP contribution >= 0.6 is 0 Å². The van der Waals surface area contributed by atoms with Crippen molar-refractivity contribution in [3.63, 3.8) is 0 Å². The average molecular weight is 779 g/mol. The highest BCUT2D eigenvalue weighted by Gasteiger charge is 2.44. The van der Waals surface area contributed by atoms with Gasteiger partial charge in [0.2, 0.25) is 0 Å². The molecule has 0 spiro atoms. The maximum Gasteiger partial charge on any atom is 0.306 e. The van der Waals surface area contributed by atoms with E-state index in [-0.39, 0.29) is 19.6 Å². The molecule has 1 aliphatic heterocycles. The maximum atomic E-state index is 12.7. The molecule has 0 saturated carbocycles. The normalized spacial score (nSPS) is 21.2. The molecule has 6 unspecified atom stereocenters. The summed E-state index contributed by atoms with van der Waals surface area (Å²) < 4.78 is 22.7. The Labute approximate surface area is 335 Å². The molecule has 0 radical (unpaired) electrons. The summed E-state index contributed by atoms with van der Waals surface area (Å²) in [5, 5.41) is 40.0. The van der Waals surface area contributed by atoms with Gasteiger partial charge in [-0.3, -0.25) is 4.79 Å². The first-order valence-corrected chi connectivity index (χ1v) is 22.2. The Kier molecular flexibility index (Phi) is 35.1. The Morgan fingerprint density at radius 2 is 1.07 bits per heavy atom. The van der Waals surface area contributed by atoms with Crippen LogP contribution in [0.15, 0.2) is 48.6 Å². The predicted molar refractivity (Wildman–Crippen MR) is 224 cm³/mol. The molecule has 9 nitrogen and oxygen atoms in total. The molecule has 55 heavy (non-hydrogen) atoms. The zero-order valence-corrected chi connectivity index (χ0v) is 34.9. The van der Waals surface area contributed by atoms with E-state index in [1.807, 2.05) is 12.2 Å². The first kappa shape index (κ1) is 51.2. The second kappa shape index (κ2) is 37.7. The number of esters is 1. The van der Waals surface area contributed by atoms with Gasteiger partial charge in [-0.05, 0) is 38.5 Å². The van der Waals surface area contributed by atoms with Crippen molar-refractivity contribution < 1.29 is 44.2 Å². The Bertz CT molecular complexity index is 978. The molecule has 1 aliphatic rings. The molecule has 4 N–H and O–H groups in total. The minimum atomic E-state index is -1.55. The van der Waals surface area contributed by atoms with Gasteiger partial charge >= 0.3 is 5.97 Å². The number of allylic oxidation sites excluding steroid dienone is 8. The summed E-state index contributed by atoms with van der Waals surface area (Å²) in [7, 11) is 0. The van der Waals surface area contributed by atoms with Gasteiger partial charge in [-0.2, -0.15) is 0 Å². The third-order valence-electron chi connectivity index (χ3n) is 10.0. The molecule has 1 heterocycles. The van der Waals surface area contributed by atoms with Crippen molar-refractivity contribution in [2.75, 3.05) is 26.4 Å². The van der Waals surface area contributed by atoms with Crippen LogP contribution in [0, 0.1) is 0 Å². The van der Waals surface area contributed by atoms with Crippen LogP contribution in [-0.4, -0.2) is 89.6 Å². The lowest BCUT2D eigenvalue weighted by atomic mass is 9.99. The van der Waals surface area contributed by atoms with E-state index in [9.17, 15) is 25.2 Å². The van der Waals surface area contributed by atoms with Crippen LogP contribution in [0.3, 0.4) is 0 Å². The molecule has 0 aromatic heterocycles. The maximum absolute atomic E-state index is 12.7. The van der Waals surface area contributed by atoms with E-state index in [1.54, 1.807) is 0 Å². The topological polar surface area (TPSA) is 135 Å². The van der Waals surface area contributed by atoms with Crippen LogP contribution in [0.4, 0.5) is 0 Å². The number of hydrogen-bond acceptors (Lipinski definition) is 9. The minimum Gasteiger partial charge on any atom is -0.457 e. The first-order valence-electron chi connectivity index (χ1n) is 22.2. The van der Waals surface area contributed by atoms with E-state index in [1.165, 1.54) is 109 Å². The quantitative estimate of drug-likeness (QED) is 0.0276. The Morgan fingerprint density at radius 1 is 0.600 bits per heavy atom. The van der Waals surface area contributed by atoms with Crippen LogP contribution in [0.5, 0.6) is 0 Å². The lowest BCUT2D eigenvalue weighted by molar-refractivity contribution is -0.305. The summed E-state index contributed by atoms with van der Waals surface area (Å²) in [4.78, 5) is 12.7. The van der Waals surface area contributed by atoms with E-state index < -0.39 is 49.4 Å². The van der Waals surface area contributed by atoms with Crippen LogP contribution in [0.25, 0.3) is 0 Å². The van der Waals surface area contributed by atoms with Crippen LogP contribution in [0.1, 0.15) is 174 Å². The molecule has 9 heteroatoms. The fourth-order valence-electron chi connectivity index (χ4n) is 6.56. The summed E-state index contributed by atoms with van der Waals surface area (Å²) in [6.07, 6.45) is 38.7. The highest BCUT2D eigenvalue weighted by molar-refractivity contribution is 5.69. The number of carbonyl (C=O) groups is 1. The second-order valence-corrected chi connectivity index (χ2v) is 15.1. The van der Waals surface area contributed by atoms with Crippen molar-refractivity contribution in [3.8, 4) is 0 Å². The first-order chi connectivity index (χ1) is 26.9. The highest BCUT2D eigenvalue weighted by atomic mass is 16.7. The number of hydrogen-bond donors (Lipinski definition) is 4. The average Bonchev–Trinajstić information content (AvgIpc) is 3.18. The molecule has 0 bridgehead atoms. The Hall–Kier alpha value is -1.85. The SMILES string of the molecule is CC/C=C\C/C=C\C/C=C\C/C=C\CCC(=O)OC(COCCCCCCCCCCCCCCCCCCCCC)COC1OC(CO)C(O)C(O)C1O. The van der Waals surface area contributed by atoms with Crippen molar-refractivity contribution >= 4 is 5.97 Å². The molecule has 0 aliphatic carbocycles. The smallest absolute Gasteiger partial charge is 0.306 e. The van der Waals surface area contributed by atoms with Crippen molar-refractivity contribution in [2.24, 2.45) is 0 Å². The molecule has 1 fully saturated rings. The van der Waals surface area contributed by atoms with Gasteiger partial charge in [-0.25, -0.2) is 0 Å². The third kappa shape index (κ3) is 29.1. The standard InChI is InChI=1S/C46H82O9/c1-3-5-7-9-11-13-15-17-18-19-20-21-22-24-26-28-30-32-34-36-52-38-40(39-53-46-45(51)44(50)43(49)41(37-47)55-46)54-42(48)35-33-31-29-27-25-23-16-14-12-10-8-6-4-2/h6,8,12,14,23,25,29,31,40-41,43-47,49-51H,3-5,7,9-11,13,15-22,24,26-28,30,32-39H2,1-2H3/b8-6-,14-12-,25-23-,31-29-. The summed E-state index contributed by atoms with van der Waals surface area (Å²) in [6.45, 7) is 4.36. The van der Waals surface area contributed by atoms with E-state index in [4.69, 9.17) is 18.9 Å². The second-order valence-electron chi connectivity index (χ2n) is 15.1. The predicted octanol–water partition coefficient (Wildman–Crippen LogP) is 9.75. The molecule has 0 aromatic rings. The van der Waals surface area contributed by atoms with Gasteiger partial charge in [-0.15, -0.1) is 0 Å². The number of aliphatic hydroxyl groups is 4. The van der Waals surface area contributed by atoms with E-state index >= 15 is 0 Å². The highest BCUT2D eigenvalue weighted by Crippen LogP contribution is 2.22. The van der Waals surface area contributed by atoms with Crippen molar-refractivity contribution in [1.29, 1.82) is 0 Å². The monoisotopic (exact) mass is 779 g/mol. The molecule has 0 amide bonds. The number of ether oxygens (including phenoxy) is 4. The number of unbranched alkanes of at least 4 members (excludes halogenated alkanes) is 18. The summed E-state index contributed by atoms with van der Waals surface area (Å²) in [5.41, 5.74) is 0. The van der Waals surface area contributed by atoms with Gasteiger partial charge in [-0.1, -0.05) is 178 Å². The summed E-state index contributed by atoms with van der Waals surface area (Å²) in [5.74, 6) is -0.392. The number of rotatable bonds is 37. The van der Waals surface area contributed by atoms with Crippen molar-refractivity contribution in [2.45, 2.75) is 211 Å². The van der Waals surface area contributed by atoms with Gasteiger partial charge in [0.05, 0.1) is 19.8 Å². The van der Waals surface area contributed by atoms with E-state index in [0.29, 0.717) is 13.0 Å². The van der Waals surface area contributed by atoms with Gasteiger partial charge in [0.25, 0.3) is 0 Å². The number of carbonyl (C=O) groups excluding carboxylic acids is 1. The zero-order chi connectivity index (χ0) is 40.0. The molecular weight excluding hydrogens is 696 g/mol. The lowest BCUT2D eigenvalue weighted by Crippen LogP contribution is -2.59. The largest absolute Gasteiger partial charge is 0.457 e. The number of aliphatic hydroxyl groups excluding tert-OH is 4. The third-order valence-corrected chi connectivity index (χ3v) is 10.0. The molecule has 1 rings (SSSR count). The van der Waals surface area contributed by atoms with Crippen LogP contribution in [-0.2, 0) is 23.7 Å². The molecule has 0 aromatic carbocycles. The van der Waals surface area contributed by atoms with Crippen molar-refractivity contribution in [1.82, 2.24) is 0 Å². The lowest BCUT2D eigenvalue weighted by Gasteiger charge is -2.39. The molecular formula is C46H82O9. The van der Waals surface area contributed by atoms with E-state index in [0.717, 1.165) is 38.5 Å². The van der Waals surface area contributed by atoms with Crippen molar-refractivity contribution in [3.05, 3.63) is 48.6 Å². The van der Waals surface area contributed by atoms with E-state index in [2.05, 4.69) is 50.3 Å². The summed E-state index contributed by atoms with van der Waals surface area (Å²) >= 11 is 0. The summed E-state index contributed by atoms with van der Waals surface area (Å²) in [6, 6.07) is 0. The van der Waals surface area contributed by atoms with Crippen LogP contribution in [0.2, 0.25) is 0 Å². The molecule has 1 saturated heterocycles. The Morgan fingerprint density at radius 3 is 1.56 bits per heavy atom. The fourth-order valence-corrected chi connectivity index (χ4v) is 6.56. The van der Waals surface area contributed by atoms with Gasteiger partial charge in [0.1, 0.15) is 30.5 Å². The van der Waals surface area contributed by atoms with Gasteiger partial charge in [0.15, 0.2) is 6.29 Å². The van der Waals surface area contributed by atoms with Crippen LogP contribution < -0.4 is 0 Å². The molecule has 6 atom stereocenters. The Balaban J connectivity index is 2.28. The fraction of sp³-hybridized carbons (Fsp3) is 0.804. The zero-order valence-electron chi connectivity index (χ0n) is 34.9. The van der Waals surface area contributed by atoms with Gasteiger partial charge in [0, 0.05) is 13.0 Å². The minimum absolute atomic E-state index is 0.117.